The first kappa shape index (κ1) is 15.1. The van der Waals surface area contributed by atoms with Gasteiger partial charge in [0.1, 0.15) is 5.76 Å². The van der Waals surface area contributed by atoms with Gasteiger partial charge < -0.3 is 15.5 Å². The fourth-order valence-electron chi connectivity index (χ4n) is 3.11. The smallest absolute Gasteiger partial charge is 0.234 e. The highest BCUT2D eigenvalue weighted by Gasteiger charge is 2.30. The molecule has 1 heterocycles. The minimum atomic E-state index is -0.0974. The lowest BCUT2D eigenvalue weighted by molar-refractivity contribution is -0.123. The second-order valence-electron chi connectivity index (χ2n) is 5.71. The summed E-state index contributed by atoms with van der Waals surface area (Å²) in [5.74, 6) is 1.33. The van der Waals surface area contributed by atoms with Crippen LogP contribution in [0.25, 0.3) is 0 Å². The predicted octanol–water partition coefficient (Wildman–Crippen LogP) is 1.52. The van der Waals surface area contributed by atoms with Gasteiger partial charge in [-0.2, -0.15) is 0 Å². The molecule has 0 bridgehead atoms. The van der Waals surface area contributed by atoms with Crippen molar-refractivity contribution < 1.29 is 9.21 Å². The molecule has 0 aromatic carbocycles. The number of hydrogen-bond acceptors (Lipinski definition) is 4. The molecule has 0 spiro atoms. The van der Waals surface area contributed by atoms with E-state index >= 15 is 0 Å². The molecule has 0 radical (unpaired) electrons. The fraction of sp³-hybridized carbons (Fsp3) is 0.667. The third-order valence-electron chi connectivity index (χ3n) is 4.23. The van der Waals surface area contributed by atoms with Gasteiger partial charge in [-0.3, -0.25) is 9.69 Å². The molecule has 3 unspecified atom stereocenters. The number of rotatable bonds is 6. The quantitative estimate of drug-likeness (QED) is 0.828. The van der Waals surface area contributed by atoms with Gasteiger partial charge in [-0.25, -0.2) is 0 Å². The van der Waals surface area contributed by atoms with E-state index in [1.54, 1.807) is 6.26 Å². The van der Waals surface area contributed by atoms with Crippen molar-refractivity contribution in [1.82, 2.24) is 10.2 Å². The topological polar surface area (TPSA) is 71.5 Å². The van der Waals surface area contributed by atoms with E-state index in [1.165, 1.54) is 12.8 Å². The average Bonchev–Trinajstić information content (AvgIpc) is 3.09. The number of carbonyl (C=O) groups is 1. The maximum absolute atomic E-state index is 12.1. The molecule has 20 heavy (non-hydrogen) atoms. The van der Waals surface area contributed by atoms with Crippen molar-refractivity contribution in [3.8, 4) is 0 Å². The van der Waals surface area contributed by atoms with Crippen LogP contribution >= 0.6 is 0 Å². The van der Waals surface area contributed by atoms with Gasteiger partial charge in [-0.05, 0) is 51.4 Å². The molecule has 3 atom stereocenters. The largest absolute Gasteiger partial charge is 0.467 e. The molecule has 1 aliphatic carbocycles. The summed E-state index contributed by atoms with van der Waals surface area (Å²) in [4.78, 5) is 14.2. The average molecular weight is 279 g/mol. The summed E-state index contributed by atoms with van der Waals surface area (Å²) in [6.07, 6.45) is 5.14. The van der Waals surface area contributed by atoms with Crippen molar-refractivity contribution in [2.24, 2.45) is 11.7 Å². The first-order valence-corrected chi connectivity index (χ1v) is 7.35. The van der Waals surface area contributed by atoms with Crippen LogP contribution in [0.3, 0.4) is 0 Å². The van der Waals surface area contributed by atoms with Gasteiger partial charge in [-0.1, -0.05) is 6.42 Å². The van der Waals surface area contributed by atoms with Crippen LogP contribution in [0.15, 0.2) is 22.8 Å². The Kier molecular flexibility index (Phi) is 5.20. The van der Waals surface area contributed by atoms with E-state index < -0.39 is 0 Å². The van der Waals surface area contributed by atoms with Gasteiger partial charge >= 0.3 is 0 Å². The molecule has 112 valence electrons. The number of furan rings is 1. The lowest BCUT2D eigenvalue weighted by Crippen LogP contribution is -2.44. The second-order valence-corrected chi connectivity index (χ2v) is 5.71. The standard InChI is InChI=1S/C15H25N3O2/c1-11(14-7-4-8-20-14)17-15(19)10-18(2)13-6-3-5-12(13)9-16/h4,7-8,11-13H,3,5-6,9-10,16H2,1-2H3,(H,17,19). The van der Waals surface area contributed by atoms with Crippen LogP contribution in [0.2, 0.25) is 0 Å². The normalized spacial score (nSPS) is 24.0. The Morgan fingerprint density at radius 3 is 3.05 bits per heavy atom. The number of nitrogens with one attached hydrogen (secondary N) is 1. The minimum Gasteiger partial charge on any atom is -0.467 e. The highest BCUT2D eigenvalue weighted by Crippen LogP contribution is 2.28. The molecule has 0 aliphatic heterocycles. The molecule has 2 rings (SSSR count). The molecular weight excluding hydrogens is 254 g/mol. The van der Waals surface area contributed by atoms with Crippen LogP contribution in [0.5, 0.6) is 0 Å². The van der Waals surface area contributed by atoms with Crippen LogP contribution in [0, 0.1) is 5.92 Å². The molecule has 5 nitrogen and oxygen atoms in total. The Hall–Kier alpha value is -1.33. The van der Waals surface area contributed by atoms with E-state index in [2.05, 4.69) is 10.2 Å². The summed E-state index contributed by atoms with van der Waals surface area (Å²) in [7, 11) is 2.01. The van der Waals surface area contributed by atoms with Crippen LogP contribution in [-0.2, 0) is 4.79 Å². The van der Waals surface area contributed by atoms with Gasteiger partial charge in [0, 0.05) is 6.04 Å². The maximum atomic E-state index is 12.1. The van der Waals surface area contributed by atoms with E-state index in [-0.39, 0.29) is 11.9 Å². The number of nitrogens with two attached hydrogens (primary N) is 1. The molecule has 1 saturated carbocycles. The van der Waals surface area contributed by atoms with E-state index in [4.69, 9.17) is 10.2 Å². The predicted molar refractivity (Wildman–Crippen MR) is 78.1 cm³/mol. The molecule has 1 aromatic rings. The zero-order valence-corrected chi connectivity index (χ0v) is 12.3. The highest BCUT2D eigenvalue weighted by atomic mass is 16.3. The summed E-state index contributed by atoms with van der Waals surface area (Å²) < 4.78 is 5.29. The van der Waals surface area contributed by atoms with E-state index in [1.807, 2.05) is 26.1 Å². The fourth-order valence-corrected chi connectivity index (χ4v) is 3.11. The Morgan fingerprint density at radius 2 is 2.40 bits per heavy atom. The number of carbonyl (C=O) groups excluding carboxylic acids is 1. The summed E-state index contributed by atoms with van der Waals surface area (Å²) in [5.41, 5.74) is 5.80. The van der Waals surface area contributed by atoms with Gasteiger partial charge in [0.2, 0.25) is 5.91 Å². The van der Waals surface area contributed by atoms with Crippen molar-refractivity contribution in [2.75, 3.05) is 20.1 Å². The second kappa shape index (κ2) is 6.90. The lowest BCUT2D eigenvalue weighted by Gasteiger charge is -2.28. The first-order valence-electron chi connectivity index (χ1n) is 7.35. The summed E-state index contributed by atoms with van der Waals surface area (Å²) >= 11 is 0. The van der Waals surface area contributed by atoms with Crippen LogP contribution in [0.1, 0.15) is 38.0 Å². The summed E-state index contributed by atoms with van der Waals surface area (Å²) in [5, 5.41) is 2.96. The Labute approximate surface area is 120 Å². The van der Waals surface area contributed by atoms with Crippen molar-refractivity contribution in [2.45, 2.75) is 38.3 Å². The van der Waals surface area contributed by atoms with E-state index in [9.17, 15) is 4.79 Å². The Balaban J connectivity index is 1.82. The van der Waals surface area contributed by atoms with Gasteiger partial charge in [-0.15, -0.1) is 0 Å². The zero-order chi connectivity index (χ0) is 14.5. The monoisotopic (exact) mass is 279 g/mol. The molecule has 3 N–H and O–H groups in total. The third kappa shape index (κ3) is 3.61. The minimum absolute atomic E-state index is 0.0269. The van der Waals surface area contributed by atoms with Gasteiger partial charge in [0.15, 0.2) is 0 Å². The molecular formula is C15H25N3O2. The van der Waals surface area contributed by atoms with E-state index in [0.717, 1.165) is 12.2 Å². The molecule has 5 heteroatoms. The molecule has 1 aliphatic rings. The summed E-state index contributed by atoms with van der Waals surface area (Å²) in [6.45, 7) is 3.04. The van der Waals surface area contributed by atoms with Crippen molar-refractivity contribution >= 4 is 5.91 Å². The van der Waals surface area contributed by atoms with Crippen LogP contribution in [0.4, 0.5) is 0 Å². The molecule has 1 amide bonds. The lowest BCUT2D eigenvalue weighted by atomic mass is 10.0. The van der Waals surface area contributed by atoms with Crippen molar-refractivity contribution in [1.29, 1.82) is 0 Å². The number of hydrogen-bond donors (Lipinski definition) is 2. The van der Waals surface area contributed by atoms with Crippen molar-refractivity contribution in [3.05, 3.63) is 24.2 Å². The molecule has 1 fully saturated rings. The van der Waals surface area contributed by atoms with E-state index in [0.29, 0.717) is 25.0 Å². The number of nitrogens with zero attached hydrogens (tertiary/aromatic N) is 1. The van der Waals surface area contributed by atoms with Gasteiger partial charge in [0.25, 0.3) is 0 Å². The third-order valence-corrected chi connectivity index (χ3v) is 4.23. The maximum Gasteiger partial charge on any atom is 0.234 e. The van der Waals surface area contributed by atoms with Crippen LogP contribution in [-0.4, -0.2) is 37.0 Å². The van der Waals surface area contributed by atoms with Crippen LogP contribution < -0.4 is 11.1 Å². The SMILES string of the molecule is CC(NC(=O)CN(C)C1CCCC1CN)c1ccco1. The zero-order valence-electron chi connectivity index (χ0n) is 12.3. The Bertz CT molecular complexity index is 419. The van der Waals surface area contributed by atoms with Crippen molar-refractivity contribution in [3.63, 3.8) is 0 Å². The summed E-state index contributed by atoms with van der Waals surface area (Å²) in [6, 6.07) is 4.04. The first-order chi connectivity index (χ1) is 9.61. The number of likely N-dealkylation sites (N-methyl/N-ethyl adjacent to an activating group) is 1. The highest BCUT2D eigenvalue weighted by molar-refractivity contribution is 5.78. The Morgan fingerprint density at radius 1 is 1.60 bits per heavy atom. The molecule has 0 saturated heterocycles. The number of amides is 1. The van der Waals surface area contributed by atoms with Gasteiger partial charge in [0.05, 0.1) is 18.8 Å². The molecule has 1 aromatic heterocycles.